The summed E-state index contributed by atoms with van der Waals surface area (Å²) in [7, 11) is 1.97. The number of rotatable bonds is 6. The number of nitrogens with zero attached hydrogens (tertiary/aromatic N) is 2. The van der Waals surface area contributed by atoms with Crippen LogP contribution in [-0.2, 0) is 20.9 Å². The van der Waals surface area contributed by atoms with Crippen molar-refractivity contribution in [2.75, 3.05) is 39.9 Å². The maximum Gasteiger partial charge on any atom is 0.236 e. The molecule has 1 atom stereocenters. The fraction of sp³-hybridized carbons (Fsp3) is 0.700. The van der Waals surface area contributed by atoms with E-state index < -0.39 is 0 Å². The van der Waals surface area contributed by atoms with Gasteiger partial charge in [0, 0.05) is 42.6 Å². The van der Waals surface area contributed by atoms with Crippen LogP contribution >= 0.6 is 11.3 Å². The first-order chi connectivity index (χ1) is 12.9. The molecule has 6 nitrogen and oxygen atoms in total. The second-order valence-corrected chi connectivity index (χ2v) is 9.14. The van der Waals surface area contributed by atoms with Crippen LogP contribution in [-0.4, -0.2) is 67.6 Å². The molecule has 1 N–H and O–H groups in total. The lowest BCUT2D eigenvalue weighted by Crippen LogP contribution is -2.44. The van der Waals surface area contributed by atoms with Crippen LogP contribution in [0.4, 0.5) is 0 Å². The van der Waals surface area contributed by atoms with E-state index in [1.165, 1.54) is 0 Å². The zero-order chi connectivity index (χ0) is 19.4. The highest BCUT2D eigenvalue weighted by atomic mass is 32.1. The van der Waals surface area contributed by atoms with Gasteiger partial charge in [-0.05, 0) is 45.2 Å². The van der Waals surface area contributed by atoms with Gasteiger partial charge in [0.05, 0.1) is 19.0 Å². The molecule has 150 valence electrons. The van der Waals surface area contributed by atoms with Crippen molar-refractivity contribution < 1.29 is 14.3 Å². The van der Waals surface area contributed by atoms with Gasteiger partial charge in [0.25, 0.3) is 0 Å². The van der Waals surface area contributed by atoms with Gasteiger partial charge in [0.2, 0.25) is 11.8 Å². The summed E-state index contributed by atoms with van der Waals surface area (Å²) in [5.74, 6) is 0.0260. The molecule has 3 heterocycles. The third-order valence-electron chi connectivity index (χ3n) is 6.09. The SMILES string of the molecule is CC(C)N(C)CC(=O)N1CC(C(=O)NCc2cccs2)C2(CCOCC2)C1. The van der Waals surface area contributed by atoms with Crippen molar-refractivity contribution in [3.05, 3.63) is 22.4 Å². The molecule has 1 aromatic rings. The Bertz CT molecular complexity index is 641. The number of likely N-dealkylation sites (tertiary alicyclic amines) is 1. The second kappa shape index (κ2) is 8.71. The van der Waals surface area contributed by atoms with E-state index in [1.807, 2.05) is 34.4 Å². The van der Waals surface area contributed by atoms with Gasteiger partial charge < -0.3 is 15.0 Å². The van der Waals surface area contributed by atoms with E-state index in [-0.39, 0.29) is 23.1 Å². The number of ether oxygens (including phenoxy) is 1. The van der Waals surface area contributed by atoms with Crippen LogP contribution in [0, 0.1) is 11.3 Å². The van der Waals surface area contributed by atoms with Crippen LogP contribution in [0.25, 0.3) is 0 Å². The van der Waals surface area contributed by atoms with Crippen molar-refractivity contribution in [3.63, 3.8) is 0 Å². The number of hydrogen-bond acceptors (Lipinski definition) is 5. The van der Waals surface area contributed by atoms with E-state index in [2.05, 4.69) is 19.2 Å². The van der Waals surface area contributed by atoms with Gasteiger partial charge in [-0.15, -0.1) is 11.3 Å². The zero-order valence-corrected chi connectivity index (χ0v) is 17.4. The molecule has 0 bridgehead atoms. The molecule has 2 aliphatic heterocycles. The molecule has 3 rings (SSSR count). The number of hydrogen-bond donors (Lipinski definition) is 1. The Morgan fingerprint density at radius 2 is 2.15 bits per heavy atom. The predicted octanol–water partition coefficient (Wildman–Crippen LogP) is 1.96. The van der Waals surface area contributed by atoms with Crippen molar-refractivity contribution in [2.45, 2.75) is 39.3 Å². The molecule has 0 aromatic carbocycles. The summed E-state index contributed by atoms with van der Waals surface area (Å²) in [4.78, 5) is 30.9. The fourth-order valence-corrected chi connectivity index (χ4v) is 4.66. The van der Waals surface area contributed by atoms with Gasteiger partial charge in [-0.2, -0.15) is 0 Å². The first kappa shape index (κ1) is 20.3. The normalized spacial score (nSPS) is 22.0. The predicted molar refractivity (Wildman–Crippen MR) is 106 cm³/mol. The number of thiophene rings is 1. The average molecular weight is 394 g/mol. The standard InChI is InChI=1S/C20H31N3O3S/c1-15(2)22(3)13-18(24)23-12-17(20(14-23)6-8-26-9-7-20)19(25)21-11-16-5-4-10-27-16/h4-5,10,15,17H,6-9,11-14H2,1-3H3,(H,21,25). The maximum absolute atomic E-state index is 13.0. The topological polar surface area (TPSA) is 61.9 Å². The molecule has 0 aliphatic carbocycles. The zero-order valence-electron chi connectivity index (χ0n) is 16.6. The largest absolute Gasteiger partial charge is 0.381 e. The molecule has 1 spiro atoms. The smallest absolute Gasteiger partial charge is 0.236 e. The van der Waals surface area contributed by atoms with Crippen molar-refractivity contribution in [1.29, 1.82) is 0 Å². The van der Waals surface area contributed by atoms with E-state index in [4.69, 9.17) is 4.74 Å². The minimum atomic E-state index is -0.158. The molecule has 2 amide bonds. The van der Waals surface area contributed by atoms with Crippen LogP contribution in [0.5, 0.6) is 0 Å². The number of amides is 2. The van der Waals surface area contributed by atoms with Crippen LogP contribution in [0.2, 0.25) is 0 Å². The van der Waals surface area contributed by atoms with E-state index in [0.717, 1.165) is 17.7 Å². The Kier molecular flexibility index (Phi) is 6.55. The molecule has 0 saturated carbocycles. The molecule has 1 aromatic heterocycles. The molecular formula is C20H31N3O3S. The molecule has 7 heteroatoms. The summed E-state index contributed by atoms with van der Waals surface area (Å²) >= 11 is 1.64. The minimum Gasteiger partial charge on any atom is -0.381 e. The van der Waals surface area contributed by atoms with Gasteiger partial charge >= 0.3 is 0 Å². The van der Waals surface area contributed by atoms with Crippen molar-refractivity contribution in [3.8, 4) is 0 Å². The summed E-state index contributed by atoms with van der Waals surface area (Å²) < 4.78 is 5.55. The van der Waals surface area contributed by atoms with Gasteiger partial charge in [0.15, 0.2) is 0 Å². The minimum absolute atomic E-state index is 0.0674. The van der Waals surface area contributed by atoms with E-state index in [0.29, 0.717) is 45.4 Å². The third-order valence-corrected chi connectivity index (χ3v) is 6.97. The maximum atomic E-state index is 13.0. The summed E-state index contributed by atoms with van der Waals surface area (Å²) in [5.41, 5.74) is -0.149. The van der Waals surface area contributed by atoms with Crippen LogP contribution in [0.3, 0.4) is 0 Å². The summed E-state index contributed by atoms with van der Waals surface area (Å²) in [6.45, 7) is 7.64. The Morgan fingerprint density at radius 1 is 1.41 bits per heavy atom. The Hall–Kier alpha value is -1.44. The summed E-state index contributed by atoms with van der Waals surface area (Å²) in [5, 5.41) is 5.12. The van der Waals surface area contributed by atoms with Gasteiger partial charge in [-0.3, -0.25) is 14.5 Å². The van der Waals surface area contributed by atoms with Crippen molar-refractivity contribution in [1.82, 2.24) is 15.1 Å². The average Bonchev–Trinajstić information content (AvgIpc) is 3.28. The Balaban J connectivity index is 1.68. The molecule has 0 radical (unpaired) electrons. The molecule has 2 saturated heterocycles. The number of carbonyl (C=O) groups excluding carboxylic acids is 2. The van der Waals surface area contributed by atoms with E-state index in [9.17, 15) is 9.59 Å². The molecule has 27 heavy (non-hydrogen) atoms. The number of nitrogens with one attached hydrogen (secondary N) is 1. The van der Waals surface area contributed by atoms with Crippen LogP contribution in [0.1, 0.15) is 31.6 Å². The number of likely N-dealkylation sites (N-methyl/N-ethyl adjacent to an activating group) is 1. The third kappa shape index (κ3) is 4.70. The summed E-state index contributed by atoms with van der Waals surface area (Å²) in [6.07, 6.45) is 1.68. The van der Waals surface area contributed by atoms with Crippen LogP contribution < -0.4 is 5.32 Å². The first-order valence-electron chi connectivity index (χ1n) is 9.77. The monoisotopic (exact) mass is 393 g/mol. The van der Waals surface area contributed by atoms with Crippen molar-refractivity contribution >= 4 is 23.2 Å². The molecule has 2 fully saturated rings. The van der Waals surface area contributed by atoms with E-state index >= 15 is 0 Å². The van der Waals surface area contributed by atoms with Crippen molar-refractivity contribution in [2.24, 2.45) is 11.3 Å². The van der Waals surface area contributed by atoms with Crippen LogP contribution in [0.15, 0.2) is 17.5 Å². The Morgan fingerprint density at radius 3 is 2.78 bits per heavy atom. The Labute approximate surface area is 165 Å². The quantitative estimate of drug-likeness (QED) is 0.803. The first-order valence-corrected chi connectivity index (χ1v) is 10.6. The fourth-order valence-electron chi connectivity index (χ4n) is 4.01. The molecule has 2 aliphatic rings. The highest BCUT2D eigenvalue weighted by Crippen LogP contribution is 2.44. The second-order valence-electron chi connectivity index (χ2n) is 8.11. The van der Waals surface area contributed by atoms with Gasteiger partial charge in [-0.1, -0.05) is 6.07 Å². The lowest BCUT2D eigenvalue weighted by molar-refractivity contribution is -0.132. The lowest BCUT2D eigenvalue weighted by Gasteiger charge is -2.37. The lowest BCUT2D eigenvalue weighted by atomic mass is 9.72. The highest BCUT2D eigenvalue weighted by molar-refractivity contribution is 7.09. The number of carbonyl (C=O) groups is 2. The molecular weight excluding hydrogens is 362 g/mol. The highest BCUT2D eigenvalue weighted by Gasteiger charge is 2.51. The molecule has 1 unspecified atom stereocenters. The van der Waals surface area contributed by atoms with E-state index in [1.54, 1.807) is 11.3 Å². The van der Waals surface area contributed by atoms with Gasteiger partial charge in [0.1, 0.15) is 0 Å². The summed E-state index contributed by atoms with van der Waals surface area (Å²) in [6, 6.07) is 4.34. The van der Waals surface area contributed by atoms with Gasteiger partial charge in [-0.25, -0.2) is 0 Å².